The van der Waals surface area contributed by atoms with Crippen LogP contribution in [0.15, 0.2) is 0 Å². The summed E-state index contributed by atoms with van der Waals surface area (Å²) in [6.07, 6.45) is 3.88. The Morgan fingerprint density at radius 2 is 1.41 bits per heavy atom. The first-order valence-electron chi connectivity index (χ1n) is 14.8. The molecule has 5 heterocycles. The molecule has 2 aliphatic carbocycles. The highest BCUT2D eigenvalue weighted by Gasteiger charge is 2.51. The first kappa shape index (κ1) is 27.3. The molecule has 4 fully saturated rings. The Labute approximate surface area is 242 Å². The van der Waals surface area contributed by atoms with Gasteiger partial charge in [0.05, 0.1) is 17.5 Å². The molecule has 1 aromatic rings. The van der Waals surface area contributed by atoms with E-state index in [1.54, 1.807) is 0 Å². The van der Waals surface area contributed by atoms with E-state index in [-0.39, 0.29) is 70.5 Å². The molecule has 12 unspecified atom stereocenters. The fourth-order valence-electron chi connectivity index (χ4n) is 8.77. The summed E-state index contributed by atoms with van der Waals surface area (Å²) in [7, 11) is 0. The van der Waals surface area contributed by atoms with Crippen molar-refractivity contribution in [2.75, 3.05) is 5.32 Å². The molecule has 0 spiro atoms. The normalized spacial score (nSPS) is 43.8. The molecule has 6 aliphatic rings. The molecule has 8 bridgehead atoms. The van der Waals surface area contributed by atoms with E-state index in [0.29, 0.717) is 29.7 Å². The maximum absolute atomic E-state index is 13.9. The number of thiophene rings is 1. The van der Waals surface area contributed by atoms with Crippen molar-refractivity contribution in [1.82, 2.24) is 16.1 Å². The highest BCUT2D eigenvalue weighted by molar-refractivity contribution is 7.16. The number of anilines is 1. The van der Waals surface area contributed by atoms with Gasteiger partial charge >= 0.3 is 11.9 Å². The number of hydrogen-bond donors (Lipinski definition) is 6. The van der Waals surface area contributed by atoms with Crippen LogP contribution in [0.25, 0.3) is 0 Å². The molecular weight excluding hydrogens is 548 g/mol. The van der Waals surface area contributed by atoms with Crippen LogP contribution in [-0.2, 0) is 19.2 Å². The Kier molecular flexibility index (Phi) is 6.66. The predicted octanol–water partition coefficient (Wildman–Crippen LogP) is 0.719. The van der Waals surface area contributed by atoms with Crippen LogP contribution in [0.1, 0.15) is 83.2 Å². The largest absolute Gasteiger partial charge is 0.458 e. The third kappa shape index (κ3) is 4.31. The van der Waals surface area contributed by atoms with Crippen LogP contribution >= 0.6 is 11.3 Å². The molecule has 7 rings (SSSR count). The van der Waals surface area contributed by atoms with Gasteiger partial charge in [0.1, 0.15) is 15.9 Å². The number of rotatable bonds is 0. The fraction of sp³-hybridized carbons (Fsp3) is 0.714. The summed E-state index contributed by atoms with van der Waals surface area (Å²) in [4.78, 5) is 60.1. The minimum atomic E-state index is -0.856. The lowest BCUT2D eigenvalue weighted by atomic mass is 9.66. The number of hydroxylamine groups is 1. The van der Waals surface area contributed by atoms with E-state index in [1.165, 1.54) is 0 Å². The zero-order chi connectivity index (χ0) is 28.7. The number of carbonyl (C=O) groups excluding carboxylic acids is 4. The van der Waals surface area contributed by atoms with Crippen LogP contribution in [-0.4, -0.2) is 66.1 Å². The molecular formula is C28H38N6O6S. The number of nitrogens with two attached hydrogens (primary N) is 2. The Balaban J connectivity index is 1.32. The Bertz CT molecular complexity index is 1300. The van der Waals surface area contributed by atoms with Crippen LogP contribution in [0.3, 0.4) is 0 Å². The molecule has 41 heavy (non-hydrogen) atoms. The summed E-state index contributed by atoms with van der Waals surface area (Å²) in [6.45, 7) is 3.86. The molecule has 222 valence electrons. The number of hydrogen-bond acceptors (Lipinski definition) is 11. The number of carbonyl (C=O) groups is 4. The smallest absolute Gasteiger partial charge is 0.374 e. The topological polar surface area (TPSA) is 187 Å². The molecule has 2 saturated heterocycles. The molecule has 1 aromatic heterocycles. The number of piperidine rings is 2. The summed E-state index contributed by atoms with van der Waals surface area (Å²) < 4.78 is 6.12. The Morgan fingerprint density at radius 1 is 0.780 bits per heavy atom. The maximum atomic E-state index is 13.9. The maximum Gasteiger partial charge on any atom is 0.374 e. The monoisotopic (exact) mass is 586 g/mol. The van der Waals surface area contributed by atoms with E-state index in [1.807, 2.05) is 13.8 Å². The molecule has 12 nitrogen and oxygen atoms in total. The lowest BCUT2D eigenvalue weighted by Gasteiger charge is -2.48. The summed E-state index contributed by atoms with van der Waals surface area (Å²) in [6, 6.07) is -0.949. The van der Waals surface area contributed by atoms with Crippen molar-refractivity contribution in [2.24, 2.45) is 35.1 Å². The van der Waals surface area contributed by atoms with Gasteiger partial charge in [-0.2, -0.15) is 5.48 Å². The molecule has 12 atom stereocenters. The van der Waals surface area contributed by atoms with Gasteiger partial charge in [0.2, 0.25) is 5.91 Å². The summed E-state index contributed by atoms with van der Waals surface area (Å²) in [5, 5.41) is 10.1. The lowest BCUT2D eigenvalue weighted by Crippen LogP contribution is -2.66. The SMILES string of the molecule is CC1NC2CCC3CC2C(N)C1C(=O)NOC(=O)c1sc(c2c1NC(=O)C1C(C)NC4CCC2CC4C1N)C(=O)O3. The van der Waals surface area contributed by atoms with Gasteiger partial charge in [-0.05, 0) is 70.1 Å². The van der Waals surface area contributed by atoms with Crippen molar-refractivity contribution >= 4 is 40.8 Å². The van der Waals surface area contributed by atoms with E-state index in [2.05, 4.69) is 21.4 Å². The molecule has 0 aromatic carbocycles. The second-order valence-electron chi connectivity index (χ2n) is 12.9. The molecule has 0 radical (unpaired) electrons. The number of ether oxygens (including phenoxy) is 1. The first-order chi connectivity index (χ1) is 19.6. The third-order valence-electron chi connectivity index (χ3n) is 10.7. The number of nitrogens with one attached hydrogen (secondary N) is 4. The van der Waals surface area contributed by atoms with Gasteiger partial charge in [-0.25, -0.2) is 9.59 Å². The summed E-state index contributed by atoms with van der Waals surface area (Å²) >= 11 is 0.961. The molecule has 4 aliphatic heterocycles. The van der Waals surface area contributed by atoms with E-state index in [9.17, 15) is 19.2 Å². The van der Waals surface area contributed by atoms with E-state index in [0.717, 1.165) is 30.6 Å². The van der Waals surface area contributed by atoms with Gasteiger partial charge < -0.3 is 37.0 Å². The van der Waals surface area contributed by atoms with Crippen molar-refractivity contribution < 1.29 is 28.8 Å². The van der Waals surface area contributed by atoms with E-state index < -0.39 is 35.7 Å². The number of esters is 1. The van der Waals surface area contributed by atoms with E-state index in [4.69, 9.17) is 21.0 Å². The lowest BCUT2D eigenvalue weighted by molar-refractivity contribution is -0.138. The Morgan fingerprint density at radius 3 is 2.12 bits per heavy atom. The quantitative estimate of drug-likeness (QED) is 0.237. The molecule has 2 saturated carbocycles. The van der Waals surface area contributed by atoms with Crippen LogP contribution < -0.4 is 32.9 Å². The van der Waals surface area contributed by atoms with Crippen molar-refractivity contribution in [3.05, 3.63) is 15.3 Å². The zero-order valence-corrected chi connectivity index (χ0v) is 24.0. The van der Waals surface area contributed by atoms with Crippen molar-refractivity contribution in [3.63, 3.8) is 0 Å². The van der Waals surface area contributed by atoms with Gasteiger partial charge in [0.25, 0.3) is 5.91 Å². The highest BCUT2D eigenvalue weighted by atomic mass is 32.1. The van der Waals surface area contributed by atoms with Gasteiger partial charge in [-0.3, -0.25) is 9.59 Å². The standard InChI is InChI=1S/C28H38N6O6S/c1-9-17-20(29)13-7-11(3-5-15(13)31-9)19-22(33-25(17)35)24-28(38)40-34-26(36)18-10(2)32-16-6-4-12(8-14(16)21(18)30)39-27(37)23(19)41-24/h9-18,20-21,31-32H,3-8,29-30H2,1-2H3,(H,33,35)(H,34,36). The van der Waals surface area contributed by atoms with E-state index >= 15 is 0 Å². The third-order valence-corrected chi connectivity index (χ3v) is 11.9. The second kappa shape index (κ2) is 10.0. The van der Waals surface area contributed by atoms with Crippen molar-refractivity contribution in [1.29, 1.82) is 0 Å². The fourth-order valence-corrected chi connectivity index (χ4v) is 9.87. The van der Waals surface area contributed by atoms with Gasteiger partial charge in [-0.15, -0.1) is 11.3 Å². The minimum absolute atomic E-state index is 0.0461. The van der Waals surface area contributed by atoms with Crippen LogP contribution in [0.5, 0.6) is 0 Å². The average molecular weight is 587 g/mol. The van der Waals surface area contributed by atoms with Crippen LogP contribution in [0, 0.1) is 23.7 Å². The van der Waals surface area contributed by atoms with Crippen molar-refractivity contribution in [3.8, 4) is 0 Å². The van der Waals surface area contributed by atoms with Crippen LogP contribution in [0.2, 0.25) is 0 Å². The minimum Gasteiger partial charge on any atom is -0.458 e. The highest BCUT2D eigenvalue weighted by Crippen LogP contribution is 2.50. The van der Waals surface area contributed by atoms with Gasteiger partial charge in [0, 0.05) is 41.8 Å². The molecule has 13 heteroatoms. The Hall–Kier alpha value is -2.58. The molecule has 8 N–H and O–H groups in total. The number of fused-ring (bicyclic) bond motifs is 10. The number of amides is 2. The predicted molar refractivity (Wildman–Crippen MR) is 149 cm³/mol. The zero-order valence-electron chi connectivity index (χ0n) is 23.2. The summed E-state index contributed by atoms with van der Waals surface area (Å²) in [5.74, 6) is -3.46. The van der Waals surface area contributed by atoms with Crippen molar-refractivity contribution in [2.45, 2.75) is 101 Å². The first-order valence-corrected chi connectivity index (χ1v) is 15.7. The molecule has 2 amide bonds. The van der Waals surface area contributed by atoms with Crippen LogP contribution in [0.4, 0.5) is 5.69 Å². The second-order valence-corrected chi connectivity index (χ2v) is 13.9. The average Bonchev–Trinajstić information content (AvgIpc) is 3.30. The summed E-state index contributed by atoms with van der Waals surface area (Å²) in [5.41, 5.74) is 16.6. The van der Waals surface area contributed by atoms with Gasteiger partial charge in [-0.1, -0.05) is 0 Å². The van der Waals surface area contributed by atoms with Gasteiger partial charge in [0.15, 0.2) is 0 Å².